The van der Waals surface area contributed by atoms with E-state index in [1.165, 1.54) is 12.8 Å². The number of carbonyl (C=O) groups excluding carboxylic acids is 3. The van der Waals surface area contributed by atoms with Crippen molar-refractivity contribution in [2.75, 3.05) is 19.6 Å². The molecule has 27 heavy (non-hydrogen) atoms. The fraction of sp³-hybridized carbons (Fsp3) is 0.550. The topological polar surface area (TPSA) is 90.5 Å². The summed E-state index contributed by atoms with van der Waals surface area (Å²) in [5.41, 5.74) is 2.71. The van der Waals surface area contributed by atoms with Gasteiger partial charge in [-0.2, -0.15) is 0 Å². The average molecular weight is 370 g/mol. The molecule has 3 N–H and O–H groups in total. The summed E-state index contributed by atoms with van der Waals surface area (Å²) in [6, 6.07) is 5.42. The van der Waals surface area contributed by atoms with Crippen LogP contribution in [-0.4, -0.2) is 48.3 Å². The lowest BCUT2D eigenvalue weighted by Crippen LogP contribution is -2.52. The van der Waals surface area contributed by atoms with E-state index in [2.05, 4.69) is 16.0 Å². The lowest BCUT2D eigenvalue weighted by atomic mass is 9.99. The van der Waals surface area contributed by atoms with Crippen LogP contribution in [0.2, 0.25) is 0 Å². The Kier molecular flexibility index (Phi) is 5.22. The highest BCUT2D eigenvalue weighted by atomic mass is 16.2. The maximum atomic E-state index is 12.8. The summed E-state index contributed by atoms with van der Waals surface area (Å²) in [6.45, 7) is 4.32. The summed E-state index contributed by atoms with van der Waals surface area (Å²) in [7, 11) is 0. The zero-order chi connectivity index (χ0) is 18.8. The SMILES string of the molecule is O=C1CCC(N2Cc3ccc(CNC[C@@H]4CCCNC4)cc3C2=O)C(=O)N1. The van der Waals surface area contributed by atoms with Gasteiger partial charge in [0.1, 0.15) is 6.04 Å². The van der Waals surface area contributed by atoms with Crippen LogP contribution in [0.15, 0.2) is 18.2 Å². The van der Waals surface area contributed by atoms with Crippen molar-refractivity contribution in [2.45, 2.75) is 44.8 Å². The molecule has 0 aromatic heterocycles. The predicted octanol–water partition coefficient (Wildman–Crippen LogP) is 0.537. The van der Waals surface area contributed by atoms with Crippen molar-refractivity contribution < 1.29 is 14.4 Å². The summed E-state index contributed by atoms with van der Waals surface area (Å²) in [4.78, 5) is 37.9. The molecule has 0 aliphatic carbocycles. The number of hydrogen-bond donors (Lipinski definition) is 3. The largest absolute Gasteiger partial charge is 0.322 e. The number of rotatable bonds is 5. The zero-order valence-corrected chi connectivity index (χ0v) is 15.4. The minimum atomic E-state index is -0.553. The van der Waals surface area contributed by atoms with E-state index in [1.54, 1.807) is 4.90 Å². The highest BCUT2D eigenvalue weighted by Gasteiger charge is 2.39. The van der Waals surface area contributed by atoms with Crippen LogP contribution in [0.4, 0.5) is 0 Å². The van der Waals surface area contributed by atoms with Gasteiger partial charge in [-0.1, -0.05) is 12.1 Å². The molecule has 7 heteroatoms. The molecular formula is C20H26N4O3. The van der Waals surface area contributed by atoms with Crippen molar-refractivity contribution in [1.29, 1.82) is 0 Å². The lowest BCUT2D eigenvalue weighted by Gasteiger charge is -2.29. The highest BCUT2D eigenvalue weighted by Crippen LogP contribution is 2.28. The first-order valence-electron chi connectivity index (χ1n) is 9.79. The van der Waals surface area contributed by atoms with Crippen molar-refractivity contribution >= 4 is 17.7 Å². The van der Waals surface area contributed by atoms with E-state index < -0.39 is 6.04 Å². The first kappa shape index (κ1) is 18.1. The molecule has 1 aromatic carbocycles. The lowest BCUT2D eigenvalue weighted by molar-refractivity contribution is -0.136. The van der Waals surface area contributed by atoms with E-state index in [0.29, 0.717) is 24.4 Å². The number of fused-ring (bicyclic) bond motifs is 1. The number of benzene rings is 1. The third-order valence-electron chi connectivity index (χ3n) is 5.75. The van der Waals surface area contributed by atoms with Gasteiger partial charge in [-0.15, -0.1) is 0 Å². The summed E-state index contributed by atoms with van der Waals surface area (Å²) in [6.07, 6.45) is 3.16. The molecule has 3 aliphatic heterocycles. The molecule has 0 radical (unpaired) electrons. The summed E-state index contributed by atoms with van der Waals surface area (Å²) in [5.74, 6) is -0.0759. The highest BCUT2D eigenvalue weighted by molar-refractivity contribution is 6.05. The molecule has 1 unspecified atom stereocenters. The van der Waals surface area contributed by atoms with Gasteiger partial charge in [-0.25, -0.2) is 0 Å². The van der Waals surface area contributed by atoms with Gasteiger partial charge in [0.2, 0.25) is 11.8 Å². The molecule has 2 fully saturated rings. The molecular weight excluding hydrogens is 344 g/mol. The number of carbonyl (C=O) groups is 3. The summed E-state index contributed by atoms with van der Waals surface area (Å²) >= 11 is 0. The van der Waals surface area contributed by atoms with E-state index >= 15 is 0 Å². The van der Waals surface area contributed by atoms with Crippen LogP contribution in [0.5, 0.6) is 0 Å². The second-order valence-electron chi connectivity index (χ2n) is 7.73. The fourth-order valence-corrected chi connectivity index (χ4v) is 4.23. The van der Waals surface area contributed by atoms with E-state index in [9.17, 15) is 14.4 Å². The number of amides is 3. The van der Waals surface area contributed by atoms with Crippen LogP contribution < -0.4 is 16.0 Å². The number of nitrogens with one attached hydrogen (secondary N) is 3. The van der Waals surface area contributed by atoms with Crippen molar-refractivity contribution in [3.63, 3.8) is 0 Å². The zero-order valence-electron chi connectivity index (χ0n) is 15.4. The molecule has 0 saturated carbocycles. The second-order valence-corrected chi connectivity index (χ2v) is 7.73. The van der Waals surface area contributed by atoms with Crippen LogP contribution in [0.25, 0.3) is 0 Å². The molecule has 3 heterocycles. The van der Waals surface area contributed by atoms with Crippen molar-refractivity contribution in [3.05, 3.63) is 34.9 Å². The van der Waals surface area contributed by atoms with Gasteiger partial charge in [-0.3, -0.25) is 19.7 Å². The van der Waals surface area contributed by atoms with Crippen LogP contribution in [0, 0.1) is 5.92 Å². The van der Waals surface area contributed by atoms with Gasteiger partial charge in [0.15, 0.2) is 0 Å². The summed E-state index contributed by atoms with van der Waals surface area (Å²) < 4.78 is 0. The minimum Gasteiger partial charge on any atom is -0.322 e. The van der Waals surface area contributed by atoms with E-state index in [-0.39, 0.29) is 24.1 Å². The molecule has 7 nitrogen and oxygen atoms in total. The standard InChI is InChI=1S/C20H26N4O3/c25-18-6-5-17(19(26)23-18)24-12-15-4-3-13(8-16(15)20(24)27)9-22-11-14-2-1-7-21-10-14/h3-4,8,14,17,21-22H,1-2,5-7,9-12H2,(H,23,25,26)/t14-,17?/m1/s1. The molecule has 2 saturated heterocycles. The molecule has 3 amide bonds. The van der Waals surface area contributed by atoms with Gasteiger partial charge < -0.3 is 15.5 Å². The minimum absolute atomic E-state index is 0.113. The Morgan fingerprint density at radius 2 is 2.07 bits per heavy atom. The third-order valence-corrected chi connectivity index (χ3v) is 5.75. The van der Waals surface area contributed by atoms with Crippen molar-refractivity contribution in [2.24, 2.45) is 5.92 Å². The molecule has 144 valence electrons. The Bertz CT molecular complexity index is 758. The first-order valence-corrected chi connectivity index (χ1v) is 9.79. The van der Waals surface area contributed by atoms with Gasteiger partial charge >= 0.3 is 0 Å². The van der Waals surface area contributed by atoms with Crippen LogP contribution in [-0.2, 0) is 22.7 Å². The Balaban J connectivity index is 1.37. The summed E-state index contributed by atoms with van der Waals surface area (Å²) in [5, 5.41) is 9.26. The predicted molar refractivity (Wildman–Crippen MR) is 99.8 cm³/mol. The first-order chi connectivity index (χ1) is 13.1. The normalized spacial score (nSPS) is 25.5. The number of nitrogens with zero attached hydrogens (tertiary/aromatic N) is 1. The Morgan fingerprint density at radius 3 is 2.85 bits per heavy atom. The maximum absolute atomic E-state index is 12.8. The van der Waals surface area contributed by atoms with Gasteiger partial charge in [0.25, 0.3) is 5.91 Å². The molecule has 0 bridgehead atoms. The number of piperidine rings is 2. The maximum Gasteiger partial charge on any atom is 0.255 e. The molecule has 1 aromatic rings. The molecule has 3 aliphatic rings. The molecule has 0 spiro atoms. The van der Waals surface area contributed by atoms with E-state index in [1.807, 2.05) is 18.2 Å². The molecule has 2 atom stereocenters. The molecule has 4 rings (SSSR count). The van der Waals surface area contributed by atoms with E-state index in [0.717, 1.165) is 37.3 Å². The fourth-order valence-electron chi connectivity index (χ4n) is 4.23. The Labute approximate surface area is 158 Å². The third kappa shape index (κ3) is 3.89. The van der Waals surface area contributed by atoms with Gasteiger partial charge in [0.05, 0.1) is 0 Å². The van der Waals surface area contributed by atoms with Crippen LogP contribution >= 0.6 is 0 Å². The smallest absolute Gasteiger partial charge is 0.255 e. The van der Waals surface area contributed by atoms with Crippen LogP contribution in [0.3, 0.4) is 0 Å². The Morgan fingerprint density at radius 1 is 1.19 bits per heavy atom. The van der Waals surface area contributed by atoms with Crippen LogP contribution in [0.1, 0.15) is 47.2 Å². The number of imide groups is 1. The van der Waals surface area contributed by atoms with E-state index in [4.69, 9.17) is 0 Å². The van der Waals surface area contributed by atoms with Crippen molar-refractivity contribution in [3.8, 4) is 0 Å². The Hall–Kier alpha value is -2.25. The van der Waals surface area contributed by atoms with Gasteiger partial charge in [-0.05, 0) is 62.0 Å². The quantitative estimate of drug-likeness (QED) is 0.658. The van der Waals surface area contributed by atoms with Gasteiger partial charge in [0, 0.05) is 25.1 Å². The monoisotopic (exact) mass is 370 g/mol. The average Bonchev–Trinajstić information content (AvgIpc) is 2.99. The second kappa shape index (κ2) is 7.78. The van der Waals surface area contributed by atoms with Crippen molar-refractivity contribution in [1.82, 2.24) is 20.9 Å². The number of hydrogen-bond acceptors (Lipinski definition) is 5.